The van der Waals surface area contributed by atoms with E-state index in [0.717, 1.165) is 25.9 Å². The number of ether oxygens (including phenoxy) is 1. The molecule has 0 saturated carbocycles. The van der Waals surface area contributed by atoms with Crippen molar-refractivity contribution in [3.05, 3.63) is 0 Å². The van der Waals surface area contributed by atoms with Crippen LogP contribution >= 0.6 is 12.4 Å². The third-order valence-electron chi connectivity index (χ3n) is 3.65. The van der Waals surface area contributed by atoms with Crippen molar-refractivity contribution in [2.75, 3.05) is 26.2 Å². The number of amides is 2. The Kier molecular flexibility index (Phi) is 10.4. The van der Waals surface area contributed by atoms with Crippen molar-refractivity contribution in [1.82, 2.24) is 10.2 Å². The maximum atomic E-state index is 11.8. The largest absolute Gasteiger partial charge is 0.364 e. The first-order chi connectivity index (χ1) is 9.62. The lowest BCUT2D eigenvalue weighted by Gasteiger charge is -2.18. The second kappa shape index (κ2) is 10.8. The average molecular weight is 322 g/mol. The molecule has 0 unspecified atom stereocenters. The van der Waals surface area contributed by atoms with Crippen molar-refractivity contribution in [3.8, 4) is 0 Å². The molecule has 0 aromatic heterocycles. The minimum Gasteiger partial charge on any atom is -0.364 e. The maximum Gasteiger partial charge on any atom is 0.249 e. The number of rotatable bonds is 8. The number of hydrogen-bond donors (Lipinski definition) is 2. The molecule has 21 heavy (non-hydrogen) atoms. The Morgan fingerprint density at radius 2 is 1.95 bits per heavy atom. The summed E-state index contributed by atoms with van der Waals surface area (Å²) in [4.78, 5) is 25.4. The van der Waals surface area contributed by atoms with E-state index in [-0.39, 0.29) is 36.4 Å². The smallest absolute Gasteiger partial charge is 0.249 e. The molecule has 2 atom stereocenters. The summed E-state index contributed by atoms with van der Waals surface area (Å²) in [5.74, 6) is 0.0563. The van der Waals surface area contributed by atoms with Gasteiger partial charge in [0.2, 0.25) is 11.8 Å². The Hall–Kier alpha value is -0.850. The standard InChI is InChI=1S/C14H27N3O3.ClH/c1-3-17(4-2)13(18)6-5-9-16-14(19)12-8-7-11(10-15)20-12;/h11-12H,3-10,15H2,1-2H3,(H,16,19);1H/t11-,12+;/m1./s1. The van der Waals surface area contributed by atoms with Gasteiger partial charge in [0.25, 0.3) is 0 Å². The van der Waals surface area contributed by atoms with Gasteiger partial charge in [-0.2, -0.15) is 0 Å². The van der Waals surface area contributed by atoms with Crippen molar-refractivity contribution in [1.29, 1.82) is 0 Å². The number of nitrogens with zero attached hydrogens (tertiary/aromatic N) is 1. The van der Waals surface area contributed by atoms with Gasteiger partial charge in [-0.1, -0.05) is 0 Å². The highest BCUT2D eigenvalue weighted by molar-refractivity contribution is 5.85. The summed E-state index contributed by atoms with van der Waals surface area (Å²) in [6.45, 7) is 6.38. The van der Waals surface area contributed by atoms with E-state index in [4.69, 9.17) is 10.5 Å². The van der Waals surface area contributed by atoms with Crippen LogP contribution in [0.2, 0.25) is 0 Å². The zero-order valence-corrected chi connectivity index (χ0v) is 13.8. The zero-order chi connectivity index (χ0) is 15.0. The van der Waals surface area contributed by atoms with Crippen molar-refractivity contribution in [2.24, 2.45) is 5.73 Å². The zero-order valence-electron chi connectivity index (χ0n) is 13.0. The maximum absolute atomic E-state index is 11.8. The molecule has 1 rings (SSSR count). The monoisotopic (exact) mass is 321 g/mol. The molecule has 6 nitrogen and oxygen atoms in total. The lowest BCUT2D eigenvalue weighted by Crippen LogP contribution is -2.36. The number of carbonyl (C=O) groups is 2. The Labute approximate surface area is 133 Å². The second-order valence-electron chi connectivity index (χ2n) is 5.02. The Morgan fingerprint density at radius 3 is 2.48 bits per heavy atom. The van der Waals surface area contributed by atoms with Gasteiger partial charge in [0.1, 0.15) is 6.10 Å². The molecule has 2 amide bonds. The average Bonchev–Trinajstić information content (AvgIpc) is 2.93. The highest BCUT2D eigenvalue weighted by Gasteiger charge is 2.29. The summed E-state index contributed by atoms with van der Waals surface area (Å²) in [7, 11) is 0. The van der Waals surface area contributed by atoms with Crippen LogP contribution in [-0.2, 0) is 14.3 Å². The predicted molar refractivity (Wildman–Crippen MR) is 84.4 cm³/mol. The summed E-state index contributed by atoms with van der Waals surface area (Å²) >= 11 is 0. The number of carbonyl (C=O) groups excluding carboxylic acids is 2. The second-order valence-corrected chi connectivity index (χ2v) is 5.02. The minimum atomic E-state index is -0.373. The van der Waals surface area contributed by atoms with Crippen LogP contribution in [-0.4, -0.2) is 55.1 Å². The van der Waals surface area contributed by atoms with E-state index in [2.05, 4.69) is 5.32 Å². The lowest BCUT2D eigenvalue weighted by atomic mass is 10.2. The summed E-state index contributed by atoms with van der Waals surface area (Å²) in [6, 6.07) is 0. The van der Waals surface area contributed by atoms with Crippen LogP contribution in [0.5, 0.6) is 0 Å². The van der Waals surface area contributed by atoms with E-state index in [1.54, 1.807) is 4.90 Å². The Balaban J connectivity index is 0.00000400. The van der Waals surface area contributed by atoms with Crippen LogP contribution < -0.4 is 11.1 Å². The van der Waals surface area contributed by atoms with Gasteiger partial charge in [-0.05, 0) is 33.1 Å². The fourth-order valence-corrected chi connectivity index (χ4v) is 2.37. The van der Waals surface area contributed by atoms with Gasteiger partial charge in [-0.15, -0.1) is 12.4 Å². The van der Waals surface area contributed by atoms with Gasteiger partial charge < -0.3 is 20.7 Å². The first-order valence-corrected chi connectivity index (χ1v) is 7.53. The molecular weight excluding hydrogens is 294 g/mol. The molecule has 1 fully saturated rings. The molecule has 124 valence electrons. The SMILES string of the molecule is CCN(CC)C(=O)CCCNC(=O)[C@@H]1CC[C@H](CN)O1.Cl. The van der Waals surface area contributed by atoms with E-state index in [0.29, 0.717) is 25.9 Å². The molecule has 0 spiro atoms. The van der Waals surface area contributed by atoms with Crippen molar-refractivity contribution >= 4 is 24.2 Å². The summed E-state index contributed by atoms with van der Waals surface area (Å²) in [5, 5.41) is 2.82. The normalized spacial score (nSPS) is 20.7. The van der Waals surface area contributed by atoms with Gasteiger partial charge in [0, 0.05) is 32.6 Å². The summed E-state index contributed by atoms with van der Waals surface area (Å²) in [6.07, 6.45) is 2.34. The van der Waals surface area contributed by atoms with E-state index < -0.39 is 0 Å². The van der Waals surface area contributed by atoms with Gasteiger partial charge in [-0.25, -0.2) is 0 Å². The number of halogens is 1. The van der Waals surface area contributed by atoms with E-state index in [1.807, 2.05) is 13.8 Å². The first kappa shape index (κ1) is 20.1. The topological polar surface area (TPSA) is 84.7 Å². The first-order valence-electron chi connectivity index (χ1n) is 7.53. The Morgan fingerprint density at radius 1 is 1.29 bits per heavy atom. The molecule has 0 aliphatic carbocycles. The number of nitrogens with one attached hydrogen (secondary N) is 1. The van der Waals surface area contributed by atoms with E-state index >= 15 is 0 Å². The molecule has 3 N–H and O–H groups in total. The fourth-order valence-electron chi connectivity index (χ4n) is 2.37. The molecule has 7 heteroatoms. The van der Waals surface area contributed by atoms with Crippen LogP contribution in [0.15, 0.2) is 0 Å². The molecule has 1 heterocycles. The molecule has 1 saturated heterocycles. The van der Waals surface area contributed by atoms with Gasteiger partial charge in [0.05, 0.1) is 6.10 Å². The highest BCUT2D eigenvalue weighted by Crippen LogP contribution is 2.18. The van der Waals surface area contributed by atoms with Gasteiger partial charge in [0.15, 0.2) is 0 Å². The van der Waals surface area contributed by atoms with E-state index in [9.17, 15) is 9.59 Å². The quantitative estimate of drug-likeness (QED) is 0.644. The predicted octanol–water partition coefficient (Wildman–Crippen LogP) is 0.679. The molecule has 0 radical (unpaired) electrons. The number of nitrogens with two attached hydrogens (primary N) is 1. The minimum absolute atomic E-state index is 0. The third kappa shape index (κ3) is 6.63. The summed E-state index contributed by atoms with van der Waals surface area (Å²) < 4.78 is 5.51. The van der Waals surface area contributed by atoms with Crippen molar-refractivity contribution < 1.29 is 14.3 Å². The van der Waals surface area contributed by atoms with Gasteiger partial charge in [-0.3, -0.25) is 9.59 Å². The molecule has 1 aliphatic heterocycles. The van der Waals surface area contributed by atoms with Crippen molar-refractivity contribution in [3.63, 3.8) is 0 Å². The van der Waals surface area contributed by atoms with Gasteiger partial charge >= 0.3 is 0 Å². The summed E-state index contributed by atoms with van der Waals surface area (Å²) in [5.41, 5.74) is 5.51. The molecule has 1 aliphatic rings. The molecular formula is C14H28ClN3O3. The highest BCUT2D eigenvalue weighted by atomic mass is 35.5. The third-order valence-corrected chi connectivity index (χ3v) is 3.65. The fraction of sp³-hybridized carbons (Fsp3) is 0.857. The molecule has 0 aromatic rings. The Bertz CT molecular complexity index is 325. The molecule has 0 bridgehead atoms. The molecule has 0 aromatic carbocycles. The van der Waals surface area contributed by atoms with Crippen LogP contribution in [0.1, 0.15) is 39.5 Å². The van der Waals surface area contributed by atoms with Crippen LogP contribution in [0, 0.1) is 0 Å². The number of hydrogen-bond acceptors (Lipinski definition) is 4. The van der Waals surface area contributed by atoms with E-state index in [1.165, 1.54) is 0 Å². The van der Waals surface area contributed by atoms with Crippen LogP contribution in [0.4, 0.5) is 0 Å². The van der Waals surface area contributed by atoms with Crippen molar-refractivity contribution in [2.45, 2.75) is 51.7 Å². The van der Waals surface area contributed by atoms with Crippen LogP contribution in [0.25, 0.3) is 0 Å². The van der Waals surface area contributed by atoms with Crippen LogP contribution in [0.3, 0.4) is 0 Å². The lowest BCUT2D eigenvalue weighted by molar-refractivity contribution is -0.133.